The molecule has 1 saturated heterocycles. The number of aliphatic hydroxyl groups excluding tert-OH is 2. The number of aliphatic hydroxyl groups is 2. The first-order chi connectivity index (χ1) is 12.0. The standard InChI is InChI=1S/C18H20N2O4S/c21-15-9-20(10-16(15)22)17(23)6-3-12-1-4-14(5-2-12)19-18(24)13-7-8-25-11-13/h1-2,4-5,7-8,11,15-16,21-22H,3,6,9-10H2,(H,19,24)/t15-,16-/m0/s1. The summed E-state index contributed by atoms with van der Waals surface area (Å²) in [6.45, 7) is 0.376. The summed E-state index contributed by atoms with van der Waals surface area (Å²) < 4.78 is 0. The van der Waals surface area contributed by atoms with E-state index in [2.05, 4.69) is 5.32 Å². The molecule has 7 heteroatoms. The summed E-state index contributed by atoms with van der Waals surface area (Å²) in [5.41, 5.74) is 2.33. The maximum absolute atomic E-state index is 12.1. The number of carbonyl (C=O) groups excluding carboxylic acids is 2. The van der Waals surface area contributed by atoms with Gasteiger partial charge < -0.3 is 20.4 Å². The molecule has 3 N–H and O–H groups in total. The molecule has 0 aliphatic carbocycles. The van der Waals surface area contributed by atoms with Crippen LogP contribution in [-0.2, 0) is 11.2 Å². The number of aryl methyl sites for hydroxylation is 1. The number of likely N-dealkylation sites (tertiary alicyclic amines) is 1. The molecule has 2 heterocycles. The average Bonchev–Trinajstić information content (AvgIpc) is 3.25. The van der Waals surface area contributed by atoms with Crippen LogP contribution >= 0.6 is 11.3 Å². The number of carbonyl (C=O) groups is 2. The van der Waals surface area contributed by atoms with Gasteiger partial charge in [-0.25, -0.2) is 0 Å². The Labute approximate surface area is 149 Å². The SMILES string of the molecule is O=C(Nc1ccc(CCC(=O)N2C[C@H](O)[C@@H](O)C2)cc1)c1ccsc1. The van der Waals surface area contributed by atoms with E-state index in [9.17, 15) is 19.8 Å². The number of hydrogen-bond acceptors (Lipinski definition) is 5. The Kier molecular flexibility index (Phi) is 5.47. The van der Waals surface area contributed by atoms with E-state index in [0.717, 1.165) is 5.56 Å². The highest BCUT2D eigenvalue weighted by atomic mass is 32.1. The Balaban J connectivity index is 1.49. The molecule has 0 saturated carbocycles. The van der Waals surface area contributed by atoms with E-state index in [-0.39, 0.29) is 24.9 Å². The van der Waals surface area contributed by atoms with E-state index in [1.165, 1.54) is 16.2 Å². The second-order valence-electron chi connectivity index (χ2n) is 6.10. The van der Waals surface area contributed by atoms with Gasteiger partial charge in [0.15, 0.2) is 0 Å². The van der Waals surface area contributed by atoms with Crippen LogP contribution in [0, 0.1) is 0 Å². The van der Waals surface area contributed by atoms with Gasteiger partial charge in [0.2, 0.25) is 5.91 Å². The van der Waals surface area contributed by atoms with Crippen LogP contribution in [0.25, 0.3) is 0 Å². The van der Waals surface area contributed by atoms with Crippen LogP contribution in [0.2, 0.25) is 0 Å². The Morgan fingerprint density at radius 1 is 1.12 bits per heavy atom. The maximum atomic E-state index is 12.1. The Morgan fingerprint density at radius 2 is 1.80 bits per heavy atom. The lowest BCUT2D eigenvalue weighted by Crippen LogP contribution is -2.29. The van der Waals surface area contributed by atoms with Crippen molar-refractivity contribution in [1.29, 1.82) is 0 Å². The van der Waals surface area contributed by atoms with E-state index >= 15 is 0 Å². The van der Waals surface area contributed by atoms with Crippen LogP contribution in [0.5, 0.6) is 0 Å². The van der Waals surface area contributed by atoms with Gasteiger partial charge in [0.25, 0.3) is 5.91 Å². The Bertz CT molecular complexity index is 720. The van der Waals surface area contributed by atoms with Crippen LogP contribution in [-0.4, -0.2) is 52.2 Å². The van der Waals surface area contributed by atoms with Crippen LogP contribution < -0.4 is 5.32 Å². The van der Waals surface area contributed by atoms with Gasteiger partial charge in [0, 0.05) is 30.6 Å². The summed E-state index contributed by atoms with van der Waals surface area (Å²) in [5.74, 6) is -0.222. The number of anilines is 1. The average molecular weight is 360 g/mol. The number of hydrogen-bond donors (Lipinski definition) is 3. The van der Waals surface area contributed by atoms with Crippen molar-refractivity contribution in [3.8, 4) is 0 Å². The minimum atomic E-state index is -0.852. The second kappa shape index (κ2) is 7.77. The zero-order chi connectivity index (χ0) is 17.8. The fourth-order valence-corrected chi connectivity index (χ4v) is 3.37. The number of nitrogens with zero attached hydrogens (tertiary/aromatic N) is 1. The molecule has 132 valence electrons. The number of benzene rings is 1. The third kappa shape index (κ3) is 4.45. The quantitative estimate of drug-likeness (QED) is 0.754. The van der Waals surface area contributed by atoms with Gasteiger partial charge in [-0.05, 0) is 35.6 Å². The zero-order valence-electron chi connectivity index (χ0n) is 13.6. The van der Waals surface area contributed by atoms with Crippen molar-refractivity contribution in [2.24, 2.45) is 0 Å². The van der Waals surface area contributed by atoms with E-state index in [4.69, 9.17) is 0 Å². The van der Waals surface area contributed by atoms with Crippen LogP contribution in [0.4, 0.5) is 5.69 Å². The van der Waals surface area contributed by atoms with Gasteiger partial charge in [0.1, 0.15) is 0 Å². The number of thiophene rings is 1. The lowest BCUT2D eigenvalue weighted by Gasteiger charge is -2.15. The Morgan fingerprint density at radius 3 is 2.40 bits per heavy atom. The van der Waals surface area contributed by atoms with Crippen molar-refractivity contribution in [2.45, 2.75) is 25.0 Å². The highest BCUT2D eigenvalue weighted by molar-refractivity contribution is 7.08. The van der Waals surface area contributed by atoms with Gasteiger partial charge in [-0.15, -0.1) is 0 Å². The first-order valence-corrected chi connectivity index (χ1v) is 9.03. The highest BCUT2D eigenvalue weighted by Crippen LogP contribution is 2.16. The number of amides is 2. The van der Waals surface area contributed by atoms with Gasteiger partial charge in [-0.1, -0.05) is 12.1 Å². The molecule has 1 aliphatic heterocycles. The van der Waals surface area contributed by atoms with Crippen molar-refractivity contribution in [3.05, 3.63) is 52.2 Å². The van der Waals surface area contributed by atoms with E-state index in [1.807, 2.05) is 29.6 Å². The molecule has 0 bridgehead atoms. The predicted octanol–water partition coefficient (Wildman–Crippen LogP) is 1.50. The number of rotatable bonds is 5. The van der Waals surface area contributed by atoms with Crippen LogP contribution in [0.3, 0.4) is 0 Å². The maximum Gasteiger partial charge on any atom is 0.256 e. The van der Waals surface area contributed by atoms with Crippen LogP contribution in [0.15, 0.2) is 41.1 Å². The van der Waals surface area contributed by atoms with Gasteiger partial charge in [0.05, 0.1) is 17.8 Å². The third-order valence-electron chi connectivity index (χ3n) is 4.23. The topological polar surface area (TPSA) is 89.9 Å². The van der Waals surface area contributed by atoms with Crippen molar-refractivity contribution in [2.75, 3.05) is 18.4 Å². The largest absolute Gasteiger partial charge is 0.388 e. The van der Waals surface area contributed by atoms with Crippen molar-refractivity contribution in [1.82, 2.24) is 4.90 Å². The summed E-state index contributed by atoms with van der Waals surface area (Å²) in [7, 11) is 0. The molecule has 1 aliphatic rings. The first-order valence-electron chi connectivity index (χ1n) is 8.09. The summed E-state index contributed by atoms with van der Waals surface area (Å²) in [5, 5.41) is 25.5. The molecule has 2 amide bonds. The van der Waals surface area contributed by atoms with E-state index < -0.39 is 12.2 Å². The Hall–Kier alpha value is -2.22. The fourth-order valence-electron chi connectivity index (χ4n) is 2.73. The van der Waals surface area contributed by atoms with Gasteiger partial charge in [-0.3, -0.25) is 9.59 Å². The minimum Gasteiger partial charge on any atom is -0.388 e. The smallest absolute Gasteiger partial charge is 0.256 e. The fraction of sp³-hybridized carbons (Fsp3) is 0.333. The molecule has 2 atom stereocenters. The molecule has 25 heavy (non-hydrogen) atoms. The molecular formula is C18H20N2O4S. The first kappa shape index (κ1) is 17.6. The molecule has 1 aromatic heterocycles. The number of nitrogens with one attached hydrogen (secondary N) is 1. The number of β-amino-alcohol motifs (C(OH)–C–C–N with tert-alkyl or cyclic N) is 2. The molecule has 2 aromatic rings. The molecule has 1 aromatic carbocycles. The summed E-state index contributed by atoms with van der Waals surface area (Å²) in [6.07, 6.45) is -0.814. The summed E-state index contributed by atoms with van der Waals surface area (Å²) in [6, 6.07) is 9.15. The highest BCUT2D eigenvalue weighted by Gasteiger charge is 2.31. The predicted molar refractivity (Wildman–Crippen MR) is 95.6 cm³/mol. The molecular weight excluding hydrogens is 340 g/mol. The third-order valence-corrected chi connectivity index (χ3v) is 4.92. The second-order valence-corrected chi connectivity index (χ2v) is 6.88. The molecule has 3 rings (SSSR count). The van der Waals surface area contributed by atoms with Crippen molar-refractivity contribution in [3.63, 3.8) is 0 Å². The van der Waals surface area contributed by atoms with Crippen LogP contribution in [0.1, 0.15) is 22.3 Å². The summed E-state index contributed by atoms with van der Waals surface area (Å²) >= 11 is 1.47. The minimum absolute atomic E-state index is 0.0783. The van der Waals surface area contributed by atoms with E-state index in [1.54, 1.807) is 11.4 Å². The lowest BCUT2D eigenvalue weighted by molar-refractivity contribution is -0.130. The van der Waals surface area contributed by atoms with E-state index in [0.29, 0.717) is 24.1 Å². The van der Waals surface area contributed by atoms with Gasteiger partial charge in [-0.2, -0.15) is 11.3 Å². The van der Waals surface area contributed by atoms with Crippen molar-refractivity contribution >= 4 is 28.8 Å². The summed E-state index contributed by atoms with van der Waals surface area (Å²) in [4.78, 5) is 25.6. The normalized spacial score (nSPS) is 19.8. The molecule has 0 unspecified atom stereocenters. The van der Waals surface area contributed by atoms with Gasteiger partial charge >= 0.3 is 0 Å². The molecule has 0 spiro atoms. The monoisotopic (exact) mass is 360 g/mol. The zero-order valence-corrected chi connectivity index (χ0v) is 14.4. The molecule has 1 fully saturated rings. The molecule has 0 radical (unpaired) electrons. The lowest BCUT2D eigenvalue weighted by atomic mass is 10.1. The van der Waals surface area contributed by atoms with Crippen molar-refractivity contribution < 1.29 is 19.8 Å². The molecule has 6 nitrogen and oxygen atoms in total.